The maximum atomic E-state index is 12.0. The van der Waals surface area contributed by atoms with Gasteiger partial charge in [0.25, 0.3) is 5.91 Å². The zero-order valence-corrected chi connectivity index (χ0v) is 11.8. The zero-order valence-electron chi connectivity index (χ0n) is 11.8. The number of pyridine rings is 1. The third-order valence-electron chi connectivity index (χ3n) is 3.46. The number of para-hydroxylation sites is 1. The first-order valence-electron chi connectivity index (χ1n) is 6.90. The molecule has 0 spiro atoms. The molecule has 1 amide bonds. The van der Waals surface area contributed by atoms with Crippen LogP contribution in [-0.2, 0) is 6.42 Å². The summed E-state index contributed by atoms with van der Waals surface area (Å²) in [5.74, 6) is 0.205. The number of aryl methyl sites for hydroxylation is 1. The Bertz CT molecular complexity index is 772. The lowest BCUT2D eigenvalue weighted by Crippen LogP contribution is -2.25. The largest absolute Gasteiger partial charge is 0.459 e. The van der Waals surface area contributed by atoms with Gasteiger partial charge < -0.3 is 9.73 Å². The van der Waals surface area contributed by atoms with Crippen molar-refractivity contribution in [1.29, 1.82) is 0 Å². The summed E-state index contributed by atoms with van der Waals surface area (Å²) < 4.78 is 5.17. The summed E-state index contributed by atoms with van der Waals surface area (Å²) >= 11 is 0. The number of benzene rings is 1. The number of hydrogen-bond donors (Lipinski definition) is 1. The highest BCUT2D eigenvalue weighted by Gasteiger charge is 2.11. The van der Waals surface area contributed by atoms with Gasteiger partial charge in [0.1, 0.15) is 0 Å². The molecule has 0 fully saturated rings. The molecule has 3 aromatic rings. The number of fused-ring (bicyclic) bond motifs is 1. The van der Waals surface area contributed by atoms with Crippen LogP contribution in [0.2, 0.25) is 0 Å². The molecule has 0 aliphatic heterocycles. The quantitative estimate of drug-likeness (QED) is 0.799. The van der Waals surface area contributed by atoms with E-state index in [0.29, 0.717) is 12.3 Å². The molecule has 0 radical (unpaired) electrons. The summed E-state index contributed by atoms with van der Waals surface area (Å²) in [6.07, 6.45) is 4.05. The summed E-state index contributed by atoms with van der Waals surface area (Å²) in [7, 11) is 0. The Hall–Kier alpha value is -2.62. The van der Waals surface area contributed by atoms with E-state index >= 15 is 0 Å². The molecule has 0 aliphatic rings. The Balaban J connectivity index is 1.67. The van der Waals surface area contributed by atoms with Crippen molar-refractivity contribution in [1.82, 2.24) is 10.3 Å². The minimum absolute atomic E-state index is 0.175. The van der Waals surface area contributed by atoms with Crippen molar-refractivity contribution in [3.8, 4) is 0 Å². The molecule has 0 atom stereocenters. The number of carbonyl (C=O) groups is 1. The van der Waals surface area contributed by atoms with Crippen molar-refractivity contribution >= 4 is 16.8 Å². The Morgan fingerprint density at radius 1 is 1.24 bits per heavy atom. The van der Waals surface area contributed by atoms with Crippen LogP contribution >= 0.6 is 0 Å². The molecule has 106 valence electrons. The lowest BCUT2D eigenvalue weighted by Gasteiger charge is -2.07. The van der Waals surface area contributed by atoms with Crippen molar-refractivity contribution in [2.45, 2.75) is 13.3 Å². The molecule has 0 aliphatic carbocycles. The number of nitrogens with zero attached hydrogens (tertiary/aromatic N) is 1. The van der Waals surface area contributed by atoms with E-state index in [0.717, 1.165) is 28.5 Å². The second-order valence-electron chi connectivity index (χ2n) is 4.93. The van der Waals surface area contributed by atoms with Gasteiger partial charge in [-0.25, -0.2) is 0 Å². The van der Waals surface area contributed by atoms with E-state index in [1.54, 1.807) is 12.3 Å². The number of amides is 1. The van der Waals surface area contributed by atoms with Crippen molar-refractivity contribution in [2.24, 2.45) is 0 Å². The first-order chi connectivity index (χ1) is 10.3. The standard InChI is InChI=1S/C17H16N2O2/c1-12-8-11-21-16(12)17(20)19-10-7-14-5-2-4-13-6-3-9-18-15(13)14/h2-6,8-9,11H,7,10H2,1H3,(H,19,20). The number of furan rings is 1. The highest BCUT2D eigenvalue weighted by Crippen LogP contribution is 2.16. The molecule has 2 heterocycles. The number of carbonyl (C=O) groups excluding carboxylic acids is 1. The van der Waals surface area contributed by atoms with Crippen molar-refractivity contribution in [3.05, 3.63) is 65.7 Å². The van der Waals surface area contributed by atoms with Gasteiger partial charge in [0.15, 0.2) is 5.76 Å². The minimum atomic E-state index is -0.175. The predicted octanol–water partition coefficient (Wildman–Crippen LogP) is 3.11. The Labute approximate surface area is 122 Å². The second-order valence-corrected chi connectivity index (χ2v) is 4.93. The van der Waals surface area contributed by atoms with Crippen LogP contribution in [0.3, 0.4) is 0 Å². The molecule has 4 heteroatoms. The molecule has 0 unspecified atom stereocenters. The lowest BCUT2D eigenvalue weighted by molar-refractivity contribution is 0.0925. The van der Waals surface area contributed by atoms with Gasteiger partial charge in [0.2, 0.25) is 0 Å². The fourth-order valence-corrected chi connectivity index (χ4v) is 2.37. The van der Waals surface area contributed by atoms with Crippen LogP contribution in [0.4, 0.5) is 0 Å². The Kier molecular flexibility index (Phi) is 3.69. The molecule has 0 saturated heterocycles. The van der Waals surface area contributed by atoms with Crippen LogP contribution in [0, 0.1) is 6.92 Å². The maximum Gasteiger partial charge on any atom is 0.287 e. The van der Waals surface area contributed by atoms with Gasteiger partial charge in [0, 0.05) is 23.7 Å². The molecule has 0 saturated carbocycles. The lowest BCUT2D eigenvalue weighted by atomic mass is 10.1. The molecule has 2 aromatic heterocycles. The average Bonchev–Trinajstić information content (AvgIpc) is 2.93. The van der Waals surface area contributed by atoms with Crippen LogP contribution in [0.1, 0.15) is 21.7 Å². The normalized spacial score (nSPS) is 10.7. The fourth-order valence-electron chi connectivity index (χ4n) is 2.37. The van der Waals surface area contributed by atoms with Gasteiger partial charge in [0.05, 0.1) is 11.8 Å². The average molecular weight is 280 g/mol. The predicted molar refractivity (Wildman–Crippen MR) is 81.2 cm³/mol. The van der Waals surface area contributed by atoms with E-state index < -0.39 is 0 Å². The molecule has 1 N–H and O–H groups in total. The topological polar surface area (TPSA) is 55.1 Å². The van der Waals surface area contributed by atoms with Crippen molar-refractivity contribution < 1.29 is 9.21 Å². The first kappa shape index (κ1) is 13.4. The molecule has 0 bridgehead atoms. The Morgan fingerprint density at radius 3 is 2.90 bits per heavy atom. The molecule has 21 heavy (non-hydrogen) atoms. The smallest absolute Gasteiger partial charge is 0.287 e. The number of rotatable bonds is 4. The summed E-state index contributed by atoms with van der Waals surface area (Å²) in [5, 5.41) is 3.99. The van der Waals surface area contributed by atoms with Gasteiger partial charge in [-0.1, -0.05) is 24.3 Å². The van der Waals surface area contributed by atoms with Gasteiger partial charge in [-0.05, 0) is 31.0 Å². The number of nitrogens with one attached hydrogen (secondary N) is 1. The highest BCUT2D eigenvalue weighted by molar-refractivity contribution is 5.92. The molecule has 1 aromatic carbocycles. The summed E-state index contributed by atoms with van der Waals surface area (Å²) in [6.45, 7) is 2.40. The van der Waals surface area contributed by atoms with Crippen molar-refractivity contribution in [2.75, 3.05) is 6.54 Å². The van der Waals surface area contributed by atoms with Crippen LogP contribution in [0.5, 0.6) is 0 Å². The van der Waals surface area contributed by atoms with Crippen LogP contribution < -0.4 is 5.32 Å². The molecule has 4 nitrogen and oxygen atoms in total. The minimum Gasteiger partial charge on any atom is -0.459 e. The SMILES string of the molecule is Cc1ccoc1C(=O)NCCc1cccc2cccnc12. The number of aromatic nitrogens is 1. The van der Waals surface area contributed by atoms with Gasteiger partial charge >= 0.3 is 0 Å². The first-order valence-corrected chi connectivity index (χ1v) is 6.90. The van der Waals surface area contributed by atoms with E-state index in [1.165, 1.54) is 6.26 Å². The van der Waals surface area contributed by atoms with E-state index in [-0.39, 0.29) is 5.91 Å². The van der Waals surface area contributed by atoms with Gasteiger partial charge in [-0.15, -0.1) is 0 Å². The second kappa shape index (κ2) is 5.79. The highest BCUT2D eigenvalue weighted by atomic mass is 16.3. The molecular formula is C17H16N2O2. The van der Waals surface area contributed by atoms with Gasteiger partial charge in [-0.3, -0.25) is 9.78 Å². The molecular weight excluding hydrogens is 264 g/mol. The van der Waals surface area contributed by atoms with E-state index in [2.05, 4.69) is 10.3 Å². The van der Waals surface area contributed by atoms with Crippen LogP contribution in [-0.4, -0.2) is 17.4 Å². The Morgan fingerprint density at radius 2 is 2.10 bits per heavy atom. The van der Waals surface area contributed by atoms with Crippen LogP contribution in [0.15, 0.2) is 53.3 Å². The number of hydrogen-bond acceptors (Lipinski definition) is 3. The summed E-state index contributed by atoms with van der Waals surface area (Å²) in [5.41, 5.74) is 2.97. The fraction of sp³-hybridized carbons (Fsp3) is 0.176. The summed E-state index contributed by atoms with van der Waals surface area (Å²) in [6, 6.07) is 11.8. The third kappa shape index (κ3) is 2.79. The monoisotopic (exact) mass is 280 g/mol. The summed E-state index contributed by atoms with van der Waals surface area (Å²) in [4.78, 5) is 16.4. The van der Waals surface area contributed by atoms with E-state index in [9.17, 15) is 4.79 Å². The van der Waals surface area contributed by atoms with Gasteiger partial charge in [-0.2, -0.15) is 0 Å². The van der Waals surface area contributed by atoms with E-state index in [4.69, 9.17) is 4.42 Å². The zero-order chi connectivity index (χ0) is 14.7. The maximum absolute atomic E-state index is 12.0. The third-order valence-corrected chi connectivity index (χ3v) is 3.46. The molecule has 3 rings (SSSR count). The van der Waals surface area contributed by atoms with Crippen LogP contribution in [0.25, 0.3) is 10.9 Å². The van der Waals surface area contributed by atoms with E-state index in [1.807, 2.05) is 37.3 Å². The van der Waals surface area contributed by atoms with Crippen molar-refractivity contribution in [3.63, 3.8) is 0 Å².